The molecule has 0 saturated heterocycles. The zero-order valence-corrected chi connectivity index (χ0v) is 8.14. The van der Waals surface area contributed by atoms with Gasteiger partial charge in [-0.2, -0.15) is 5.10 Å². The molecule has 0 unspecified atom stereocenters. The van der Waals surface area contributed by atoms with Gasteiger partial charge in [-0.05, 0) is 12.1 Å². The minimum Gasteiger partial charge on any atom is -0.338 e. The molecule has 1 heterocycles. The SMILES string of the molecule is CN1C=CC/C1=N\Nc1ccccc1. The Morgan fingerprint density at radius 2 is 2.07 bits per heavy atom. The molecule has 2 rings (SSSR count). The van der Waals surface area contributed by atoms with Gasteiger partial charge in [0.25, 0.3) is 0 Å². The van der Waals surface area contributed by atoms with E-state index in [-0.39, 0.29) is 0 Å². The Hall–Kier alpha value is -1.77. The Kier molecular flexibility index (Phi) is 2.49. The van der Waals surface area contributed by atoms with Gasteiger partial charge in [0.05, 0.1) is 5.69 Å². The van der Waals surface area contributed by atoms with Crippen molar-refractivity contribution in [3.63, 3.8) is 0 Å². The highest BCUT2D eigenvalue weighted by molar-refractivity contribution is 5.87. The number of hydrogen-bond acceptors (Lipinski definition) is 2. The van der Waals surface area contributed by atoms with Gasteiger partial charge in [-0.1, -0.05) is 24.3 Å². The lowest BCUT2D eigenvalue weighted by Crippen LogP contribution is -2.16. The van der Waals surface area contributed by atoms with Crippen LogP contribution in [0.15, 0.2) is 47.7 Å². The summed E-state index contributed by atoms with van der Waals surface area (Å²) in [5.74, 6) is 1.04. The molecular weight excluding hydrogens is 174 g/mol. The number of benzene rings is 1. The molecular formula is C11H13N3. The standard InChI is InChI=1S/C11H13N3/c1-14-9-5-8-11(14)13-12-10-6-3-2-4-7-10/h2-7,9,12H,8H2,1H3/b13-11+. The predicted molar refractivity (Wildman–Crippen MR) is 59.0 cm³/mol. The lowest BCUT2D eigenvalue weighted by atomic mass is 10.3. The molecule has 14 heavy (non-hydrogen) atoms. The molecule has 3 heteroatoms. The maximum Gasteiger partial charge on any atom is 0.132 e. The Bertz CT molecular complexity index is 354. The predicted octanol–water partition coefficient (Wildman–Crippen LogP) is 2.26. The van der Waals surface area contributed by atoms with Crippen LogP contribution >= 0.6 is 0 Å². The third-order valence-electron chi connectivity index (χ3n) is 2.12. The summed E-state index contributed by atoms with van der Waals surface area (Å²) in [6.07, 6.45) is 5.01. The zero-order chi connectivity index (χ0) is 9.80. The molecule has 0 atom stereocenters. The summed E-state index contributed by atoms with van der Waals surface area (Å²) in [7, 11) is 2.00. The van der Waals surface area contributed by atoms with Crippen LogP contribution in [0.3, 0.4) is 0 Å². The second-order valence-corrected chi connectivity index (χ2v) is 3.21. The van der Waals surface area contributed by atoms with E-state index in [4.69, 9.17) is 0 Å². The highest BCUT2D eigenvalue weighted by Gasteiger charge is 2.07. The van der Waals surface area contributed by atoms with E-state index in [0.29, 0.717) is 0 Å². The van der Waals surface area contributed by atoms with Crippen LogP contribution in [0, 0.1) is 0 Å². The van der Waals surface area contributed by atoms with E-state index in [0.717, 1.165) is 17.9 Å². The molecule has 3 nitrogen and oxygen atoms in total. The van der Waals surface area contributed by atoms with Crippen molar-refractivity contribution in [2.75, 3.05) is 12.5 Å². The first kappa shape index (κ1) is 8.81. The van der Waals surface area contributed by atoms with Crippen molar-refractivity contribution < 1.29 is 0 Å². The summed E-state index contributed by atoms with van der Waals surface area (Å²) in [5, 5.41) is 4.30. The van der Waals surface area contributed by atoms with Gasteiger partial charge in [0.15, 0.2) is 0 Å². The quantitative estimate of drug-likeness (QED) is 0.719. The highest BCUT2D eigenvalue weighted by Crippen LogP contribution is 2.08. The number of anilines is 1. The summed E-state index contributed by atoms with van der Waals surface area (Å²) in [6.45, 7) is 0. The van der Waals surface area contributed by atoms with Crippen molar-refractivity contribution in [1.29, 1.82) is 0 Å². The fourth-order valence-corrected chi connectivity index (χ4v) is 1.31. The second-order valence-electron chi connectivity index (χ2n) is 3.21. The minimum absolute atomic E-state index is 0.899. The van der Waals surface area contributed by atoms with Gasteiger partial charge >= 0.3 is 0 Å². The Morgan fingerprint density at radius 3 is 2.71 bits per heavy atom. The molecule has 0 amide bonds. The van der Waals surface area contributed by atoms with Crippen LogP contribution < -0.4 is 5.43 Å². The second kappa shape index (κ2) is 3.96. The molecule has 0 aromatic heterocycles. The largest absolute Gasteiger partial charge is 0.338 e. The topological polar surface area (TPSA) is 27.6 Å². The Morgan fingerprint density at radius 1 is 1.29 bits per heavy atom. The third-order valence-corrected chi connectivity index (χ3v) is 2.12. The van der Waals surface area contributed by atoms with Gasteiger partial charge in [0.1, 0.15) is 5.84 Å². The number of hydrogen-bond donors (Lipinski definition) is 1. The molecule has 1 aliphatic rings. The molecule has 1 aromatic carbocycles. The summed E-state index contributed by atoms with van der Waals surface area (Å²) < 4.78 is 0. The maximum atomic E-state index is 4.30. The first-order chi connectivity index (χ1) is 6.86. The van der Waals surface area contributed by atoms with Crippen LogP contribution in [-0.4, -0.2) is 17.8 Å². The zero-order valence-electron chi connectivity index (χ0n) is 8.14. The molecule has 0 saturated carbocycles. The first-order valence-electron chi connectivity index (χ1n) is 4.63. The van der Waals surface area contributed by atoms with Gasteiger partial charge < -0.3 is 4.90 Å². The van der Waals surface area contributed by atoms with Crippen LogP contribution in [0.25, 0.3) is 0 Å². The Labute approximate surface area is 83.7 Å². The van der Waals surface area contributed by atoms with Gasteiger partial charge in [0.2, 0.25) is 0 Å². The fraction of sp³-hybridized carbons (Fsp3) is 0.182. The van der Waals surface area contributed by atoms with Crippen LogP contribution in [0.4, 0.5) is 5.69 Å². The molecule has 0 aliphatic carbocycles. The summed E-state index contributed by atoms with van der Waals surface area (Å²) in [5.41, 5.74) is 4.04. The average molecular weight is 187 g/mol. The van der Waals surface area contributed by atoms with E-state index in [1.165, 1.54) is 0 Å². The molecule has 0 bridgehead atoms. The molecule has 1 aromatic rings. The number of amidine groups is 1. The van der Waals surface area contributed by atoms with Crippen molar-refractivity contribution in [2.24, 2.45) is 5.10 Å². The summed E-state index contributed by atoms with van der Waals surface area (Å²) in [6, 6.07) is 9.94. The van der Waals surface area contributed by atoms with E-state index in [1.54, 1.807) is 0 Å². The molecule has 0 fully saturated rings. The fourth-order valence-electron chi connectivity index (χ4n) is 1.31. The number of nitrogens with one attached hydrogen (secondary N) is 1. The van der Waals surface area contributed by atoms with Gasteiger partial charge in [0, 0.05) is 19.7 Å². The van der Waals surface area contributed by atoms with E-state index in [2.05, 4.69) is 16.6 Å². The Balaban J connectivity index is 2.00. The normalized spacial score (nSPS) is 17.8. The summed E-state index contributed by atoms with van der Waals surface area (Å²) >= 11 is 0. The van der Waals surface area contributed by atoms with E-state index in [9.17, 15) is 0 Å². The molecule has 72 valence electrons. The van der Waals surface area contributed by atoms with Crippen LogP contribution in [0.2, 0.25) is 0 Å². The molecule has 0 radical (unpaired) electrons. The van der Waals surface area contributed by atoms with Crippen molar-refractivity contribution in [3.8, 4) is 0 Å². The molecule has 1 aliphatic heterocycles. The lowest BCUT2D eigenvalue weighted by Gasteiger charge is -2.09. The maximum absolute atomic E-state index is 4.30. The highest BCUT2D eigenvalue weighted by atomic mass is 15.3. The lowest BCUT2D eigenvalue weighted by molar-refractivity contribution is 0.696. The van der Waals surface area contributed by atoms with E-state index < -0.39 is 0 Å². The van der Waals surface area contributed by atoms with Gasteiger partial charge in [-0.15, -0.1) is 0 Å². The van der Waals surface area contributed by atoms with Crippen molar-refractivity contribution in [3.05, 3.63) is 42.6 Å². The van der Waals surface area contributed by atoms with Crippen molar-refractivity contribution in [2.45, 2.75) is 6.42 Å². The van der Waals surface area contributed by atoms with Crippen LogP contribution in [0.1, 0.15) is 6.42 Å². The van der Waals surface area contributed by atoms with E-state index in [1.807, 2.05) is 48.5 Å². The number of rotatable bonds is 2. The smallest absolute Gasteiger partial charge is 0.132 e. The summed E-state index contributed by atoms with van der Waals surface area (Å²) in [4.78, 5) is 2.01. The minimum atomic E-state index is 0.899. The number of nitrogens with zero attached hydrogens (tertiary/aromatic N) is 2. The number of para-hydroxylation sites is 1. The monoisotopic (exact) mass is 187 g/mol. The van der Waals surface area contributed by atoms with Crippen molar-refractivity contribution in [1.82, 2.24) is 4.90 Å². The first-order valence-corrected chi connectivity index (χ1v) is 4.63. The van der Waals surface area contributed by atoms with Crippen molar-refractivity contribution >= 4 is 11.5 Å². The van der Waals surface area contributed by atoms with Crippen LogP contribution in [0.5, 0.6) is 0 Å². The average Bonchev–Trinajstić information content (AvgIpc) is 2.63. The molecule has 1 N–H and O–H groups in total. The van der Waals surface area contributed by atoms with Gasteiger partial charge in [-0.25, -0.2) is 0 Å². The number of hydrazone groups is 1. The van der Waals surface area contributed by atoms with Crippen LogP contribution in [-0.2, 0) is 0 Å². The third kappa shape index (κ3) is 1.93. The van der Waals surface area contributed by atoms with Gasteiger partial charge in [-0.3, -0.25) is 5.43 Å². The molecule has 0 spiro atoms. The van der Waals surface area contributed by atoms with E-state index >= 15 is 0 Å².